The predicted octanol–water partition coefficient (Wildman–Crippen LogP) is 6.28. The van der Waals surface area contributed by atoms with Crippen LogP contribution in [0.2, 0.25) is 0 Å². The molecule has 0 saturated heterocycles. The number of benzene rings is 3. The number of rotatable bonds is 2. The van der Waals surface area contributed by atoms with Crippen LogP contribution < -0.4 is 4.90 Å². The van der Waals surface area contributed by atoms with E-state index in [9.17, 15) is 4.79 Å². The van der Waals surface area contributed by atoms with Crippen LogP contribution in [0.1, 0.15) is 36.3 Å². The van der Waals surface area contributed by atoms with Crippen LogP contribution in [0.25, 0.3) is 32.8 Å². The average Bonchev–Trinajstić information content (AvgIpc) is 2.71. The van der Waals surface area contributed by atoms with Gasteiger partial charge in [-0.05, 0) is 46.4 Å². The van der Waals surface area contributed by atoms with Crippen LogP contribution in [0, 0.1) is 5.41 Å². The van der Waals surface area contributed by atoms with Gasteiger partial charge in [0.1, 0.15) is 0 Å². The minimum absolute atomic E-state index is 0.0618. The number of carbonyl (C=O) groups is 1. The summed E-state index contributed by atoms with van der Waals surface area (Å²) >= 11 is 0. The molecular formula is C27H26N2O. The van der Waals surface area contributed by atoms with Crippen molar-refractivity contribution in [1.82, 2.24) is 4.98 Å². The van der Waals surface area contributed by atoms with E-state index in [1.807, 2.05) is 14.1 Å². The van der Waals surface area contributed by atoms with Crippen molar-refractivity contribution in [2.45, 2.75) is 26.7 Å². The third kappa shape index (κ3) is 2.97. The molecule has 0 spiro atoms. The van der Waals surface area contributed by atoms with E-state index in [0.717, 1.165) is 50.8 Å². The van der Waals surface area contributed by atoms with E-state index < -0.39 is 0 Å². The number of nitrogens with zero attached hydrogens (tertiary/aromatic N) is 2. The summed E-state index contributed by atoms with van der Waals surface area (Å²) in [5.41, 5.74) is 5.91. The highest BCUT2D eigenvalue weighted by Crippen LogP contribution is 2.43. The number of anilines is 1. The van der Waals surface area contributed by atoms with Gasteiger partial charge in [0, 0.05) is 42.7 Å². The molecule has 0 bridgehead atoms. The van der Waals surface area contributed by atoms with E-state index in [1.165, 1.54) is 5.39 Å². The standard InChI is InChI=1S/C27H26N2O/c1-27(2)15-22-26(23(30)16-27)24(18-9-12-19(13-10-18)29(3)4)25-20-8-6-5-7-17(20)11-14-21(25)28-22/h5-14H,15-16H2,1-4H3. The molecule has 1 aromatic heterocycles. The van der Waals surface area contributed by atoms with Crippen molar-refractivity contribution in [3.8, 4) is 11.1 Å². The quantitative estimate of drug-likeness (QED) is 0.375. The number of carbonyl (C=O) groups excluding carboxylic acids is 1. The van der Waals surface area contributed by atoms with E-state index >= 15 is 0 Å². The Kier molecular flexibility index (Phi) is 4.18. The lowest BCUT2D eigenvalue weighted by atomic mass is 9.73. The van der Waals surface area contributed by atoms with Crippen molar-refractivity contribution < 1.29 is 4.79 Å². The van der Waals surface area contributed by atoms with Crippen LogP contribution in [0.5, 0.6) is 0 Å². The van der Waals surface area contributed by atoms with Crippen LogP contribution in [0.3, 0.4) is 0 Å². The van der Waals surface area contributed by atoms with Crippen molar-refractivity contribution in [2.75, 3.05) is 19.0 Å². The molecule has 1 heterocycles. The van der Waals surface area contributed by atoms with Gasteiger partial charge < -0.3 is 4.90 Å². The van der Waals surface area contributed by atoms with Gasteiger partial charge in [-0.15, -0.1) is 0 Å². The maximum Gasteiger partial charge on any atom is 0.165 e. The number of pyridine rings is 1. The van der Waals surface area contributed by atoms with Crippen molar-refractivity contribution in [3.05, 3.63) is 71.9 Å². The fraction of sp³-hybridized carbons (Fsp3) is 0.259. The third-order valence-electron chi connectivity index (χ3n) is 6.19. The van der Waals surface area contributed by atoms with Gasteiger partial charge in [0.15, 0.2) is 5.78 Å². The zero-order valence-electron chi connectivity index (χ0n) is 18.0. The van der Waals surface area contributed by atoms with E-state index in [-0.39, 0.29) is 11.2 Å². The second-order valence-corrected chi connectivity index (χ2v) is 9.37. The minimum Gasteiger partial charge on any atom is -0.378 e. The Hall–Kier alpha value is -3.20. The molecule has 1 aliphatic carbocycles. The summed E-state index contributed by atoms with van der Waals surface area (Å²) in [4.78, 5) is 20.5. The largest absolute Gasteiger partial charge is 0.378 e. The monoisotopic (exact) mass is 394 g/mol. The molecule has 0 radical (unpaired) electrons. The molecule has 5 rings (SSSR count). The smallest absolute Gasteiger partial charge is 0.165 e. The molecule has 1 aliphatic rings. The van der Waals surface area contributed by atoms with Crippen molar-refractivity contribution >= 4 is 33.1 Å². The summed E-state index contributed by atoms with van der Waals surface area (Å²) in [6.07, 6.45) is 1.38. The summed E-state index contributed by atoms with van der Waals surface area (Å²) in [6, 6.07) is 21.1. The Morgan fingerprint density at radius 1 is 0.867 bits per heavy atom. The summed E-state index contributed by atoms with van der Waals surface area (Å²) in [5.74, 6) is 0.204. The molecule has 30 heavy (non-hydrogen) atoms. The van der Waals surface area contributed by atoms with Crippen molar-refractivity contribution in [1.29, 1.82) is 0 Å². The highest BCUT2D eigenvalue weighted by Gasteiger charge is 2.35. The van der Waals surface area contributed by atoms with Gasteiger partial charge in [-0.2, -0.15) is 0 Å². The number of hydrogen-bond donors (Lipinski definition) is 0. The first-order valence-corrected chi connectivity index (χ1v) is 10.5. The predicted molar refractivity (Wildman–Crippen MR) is 125 cm³/mol. The lowest BCUT2D eigenvalue weighted by Crippen LogP contribution is -2.28. The Bertz CT molecular complexity index is 1300. The molecule has 0 fully saturated rings. The van der Waals surface area contributed by atoms with Gasteiger partial charge in [0.2, 0.25) is 0 Å². The molecule has 0 unspecified atom stereocenters. The van der Waals surface area contributed by atoms with Crippen LogP contribution >= 0.6 is 0 Å². The zero-order chi connectivity index (χ0) is 21.0. The van der Waals surface area contributed by atoms with Crippen molar-refractivity contribution in [2.24, 2.45) is 5.41 Å². The molecule has 4 aromatic rings. The van der Waals surface area contributed by atoms with Gasteiger partial charge in [-0.25, -0.2) is 0 Å². The van der Waals surface area contributed by atoms with Crippen LogP contribution in [0.4, 0.5) is 5.69 Å². The topological polar surface area (TPSA) is 33.2 Å². The van der Waals surface area contributed by atoms with E-state index in [4.69, 9.17) is 4.98 Å². The Morgan fingerprint density at radius 3 is 2.33 bits per heavy atom. The highest BCUT2D eigenvalue weighted by molar-refractivity contribution is 6.19. The normalized spacial score (nSPS) is 15.4. The maximum absolute atomic E-state index is 13.4. The molecule has 3 aromatic carbocycles. The summed E-state index contributed by atoms with van der Waals surface area (Å²) in [5, 5.41) is 3.40. The van der Waals surface area contributed by atoms with Crippen LogP contribution in [0.15, 0.2) is 60.7 Å². The van der Waals surface area contributed by atoms with Gasteiger partial charge in [-0.3, -0.25) is 9.78 Å². The SMILES string of the molecule is CN(C)c1ccc(-c2c3c(nc4ccc5ccccc5c24)CC(C)(C)CC3=O)cc1. The zero-order valence-corrected chi connectivity index (χ0v) is 18.0. The Labute approximate surface area is 177 Å². The first-order valence-electron chi connectivity index (χ1n) is 10.5. The lowest BCUT2D eigenvalue weighted by molar-refractivity contribution is 0.0911. The van der Waals surface area contributed by atoms with E-state index in [1.54, 1.807) is 0 Å². The highest BCUT2D eigenvalue weighted by atomic mass is 16.1. The third-order valence-corrected chi connectivity index (χ3v) is 6.19. The molecule has 3 nitrogen and oxygen atoms in total. The van der Waals surface area contributed by atoms with Crippen molar-refractivity contribution in [3.63, 3.8) is 0 Å². The summed E-state index contributed by atoms with van der Waals surface area (Å²) in [6.45, 7) is 4.32. The fourth-order valence-corrected chi connectivity index (χ4v) is 4.77. The first-order chi connectivity index (χ1) is 14.3. The van der Waals surface area contributed by atoms with E-state index in [2.05, 4.69) is 79.4 Å². The van der Waals surface area contributed by atoms with Gasteiger partial charge >= 0.3 is 0 Å². The molecular weight excluding hydrogens is 368 g/mol. The van der Waals surface area contributed by atoms with Crippen LogP contribution in [-0.4, -0.2) is 24.9 Å². The molecule has 0 saturated carbocycles. The number of Topliss-reactive ketones (excluding diaryl/α,β-unsaturated/α-hetero) is 1. The first kappa shape index (κ1) is 18.8. The Morgan fingerprint density at radius 2 is 1.60 bits per heavy atom. The molecule has 0 N–H and O–H groups in total. The van der Waals surface area contributed by atoms with Crippen LogP contribution in [-0.2, 0) is 6.42 Å². The second kappa shape index (κ2) is 6.66. The lowest BCUT2D eigenvalue weighted by Gasteiger charge is -2.31. The van der Waals surface area contributed by atoms with Gasteiger partial charge in [-0.1, -0.05) is 56.3 Å². The van der Waals surface area contributed by atoms with Gasteiger partial charge in [0.25, 0.3) is 0 Å². The number of ketones is 1. The molecule has 0 amide bonds. The minimum atomic E-state index is -0.0618. The summed E-state index contributed by atoms with van der Waals surface area (Å²) < 4.78 is 0. The number of aromatic nitrogens is 1. The molecule has 3 heteroatoms. The molecule has 0 aliphatic heterocycles. The second-order valence-electron chi connectivity index (χ2n) is 9.37. The van der Waals surface area contributed by atoms with Gasteiger partial charge in [0.05, 0.1) is 11.2 Å². The fourth-order valence-electron chi connectivity index (χ4n) is 4.77. The molecule has 150 valence electrons. The van der Waals surface area contributed by atoms with E-state index in [0.29, 0.717) is 6.42 Å². The number of hydrogen-bond acceptors (Lipinski definition) is 3. The average molecular weight is 395 g/mol. The maximum atomic E-state index is 13.4. The summed E-state index contributed by atoms with van der Waals surface area (Å²) in [7, 11) is 4.08. The number of fused-ring (bicyclic) bond motifs is 4. The molecule has 0 atom stereocenters. The Balaban J connectivity index is 1.91.